The lowest BCUT2D eigenvalue weighted by Gasteiger charge is -2.28. The van der Waals surface area contributed by atoms with Gasteiger partial charge in [0.1, 0.15) is 11.6 Å². The predicted molar refractivity (Wildman–Crippen MR) is 117 cm³/mol. The molecule has 1 aliphatic rings. The molecule has 0 unspecified atom stereocenters. The van der Waals surface area contributed by atoms with E-state index in [1.54, 1.807) is 10.6 Å². The van der Waals surface area contributed by atoms with Crippen LogP contribution in [0.5, 0.6) is 0 Å². The van der Waals surface area contributed by atoms with Crippen molar-refractivity contribution in [1.29, 1.82) is 0 Å². The number of nitrogens with zero attached hydrogens (tertiary/aromatic N) is 5. The molecule has 3 aromatic heterocycles. The Kier molecular flexibility index (Phi) is 5.56. The number of fused-ring (bicyclic) bond motifs is 1. The Morgan fingerprint density at radius 1 is 1.17 bits per heavy atom. The fourth-order valence-corrected chi connectivity index (χ4v) is 3.91. The van der Waals surface area contributed by atoms with E-state index < -0.39 is 0 Å². The largest absolute Gasteiger partial charge is 0.366 e. The molecule has 154 valence electrons. The summed E-state index contributed by atoms with van der Waals surface area (Å²) in [5, 5.41) is 8.09. The van der Waals surface area contributed by atoms with Gasteiger partial charge in [0, 0.05) is 49.6 Å². The van der Waals surface area contributed by atoms with E-state index in [9.17, 15) is 4.79 Å². The lowest BCUT2D eigenvalue weighted by atomic mass is 10.1. The smallest absolute Gasteiger partial charge is 0.250 e. The van der Waals surface area contributed by atoms with Crippen LogP contribution in [0.4, 0.5) is 11.6 Å². The number of nitrogens with one attached hydrogen (secondary N) is 1. The van der Waals surface area contributed by atoms with Crippen LogP contribution in [0.25, 0.3) is 5.65 Å². The summed E-state index contributed by atoms with van der Waals surface area (Å²) in [4.78, 5) is 19.3. The van der Waals surface area contributed by atoms with Crippen molar-refractivity contribution >= 4 is 17.3 Å². The lowest BCUT2D eigenvalue weighted by Crippen LogP contribution is -2.30. The summed E-state index contributed by atoms with van der Waals surface area (Å²) in [6.45, 7) is 8.90. The molecule has 7 nitrogen and oxygen atoms in total. The van der Waals surface area contributed by atoms with E-state index >= 15 is 0 Å². The summed E-state index contributed by atoms with van der Waals surface area (Å²) < 4.78 is 3.66. The molecular formula is C22H30N6O. The van der Waals surface area contributed by atoms with E-state index in [1.165, 1.54) is 19.3 Å². The van der Waals surface area contributed by atoms with Gasteiger partial charge in [0.15, 0.2) is 5.65 Å². The van der Waals surface area contributed by atoms with Gasteiger partial charge in [-0.25, -0.2) is 4.98 Å². The fourth-order valence-electron chi connectivity index (χ4n) is 3.91. The van der Waals surface area contributed by atoms with Crippen molar-refractivity contribution in [3.8, 4) is 0 Å². The summed E-state index contributed by atoms with van der Waals surface area (Å²) >= 11 is 0. The van der Waals surface area contributed by atoms with Gasteiger partial charge in [-0.05, 0) is 45.1 Å². The molecule has 1 aliphatic heterocycles. The van der Waals surface area contributed by atoms with Crippen LogP contribution in [0.1, 0.15) is 57.2 Å². The fraction of sp³-hybridized carbons (Fsp3) is 0.500. The number of hydrogen-bond donors (Lipinski definition) is 1. The van der Waals surface area contributed by atoms with Crippen LogP contribution in [0.2, 0.25) is 0 Å². The molecule has 0 spiro atoms. The second-order valence-electron chi connectivity index (χ2n) is 8.04. The van der Waals surface area contributed by atoms with E-state index in [-0.39, 0.29) is 11.6 Å². The zero-order chi connectivity index (χ0) is 20.4. The summed E-state index contributed by atoms with van der Waals surface area (Å²) in [5.74, 6) is 1.94. The minimum atomic E-state index is 0.0297. The molecule has 0 amide bonds. The topological polar surface area (TPSA) is 67.5 Å². The maximum Gasteiger partial charge on any atom is 0.250 e. The maximum atomic E-state index is 12.0. The predicted octanol–water partition coefficient (Wildman–Crippen LogP) is 3.64. The van der Waals surface area contributed by atoms with Crippen molar-refractivity contribution in [3.63, 3.8) is 0 Å². The highest BCUT2D eigenvalue weighted by Crippen LogP contribution is 2.24. The Morgan fingerprint density at radius 2 is 1.97 bits per heavy atom. The summed E-state index contributed by atoms with van der Waals surface area (Å²) in [7, 11) is 0. The van der Waals surface area contributed by atoms with Crippen LogP contribution in [0.3, 0.4) is 0 Å². The standard InChI is InChI=1S/C22H30N6O/c1-4-18-14-24-28-19(12-20(25-22(18)28)26-10-6-5-7-11-26)23-13-17-8-9-21(29)27(15-17)16(2)3/h8-9,12,14-16,23H,4-7,10-11,13H2,1-3H3. The SMILES string of the molecule is CCc1cnn2c(NCc3ccc(=O)n(C(C)C)c3)cc(N3CCCCC3)nc12. The average Bonchev–Trinajstić information content (AvgIpc) is 3.16. The number of piperidine rings is 1. The van der Waals surface area contributed by atoms with Gasteiger partial charge in [-0.1, -0.05) is 13.0 Å². The Labute approximate surface area is 171 Å². The molecule has 1 saturated heterocycles. The van der Waals surface area contributed by atoms with Crippen molar-refractivity contribution in [2.24, 2.45) is 0 Å². The molecule has 0 aromatic carbocycles. The normalized spacial score (nSPS) is 14.7. The molecule has 29 heavy (non-hydrogen) atoms. The number of anilines is 2. The molecule has 0 bridgehead atoms. The van der Waals surface area contributed by atoms with Crippen LogP contribution in [0, 0.1) is 0 Å². The molecule has 7 heteroatoms. The first-order valence-electron chi connectivity index (χ1n) is 10.6. The van der Waals surface area contributed by atoms with Crippen molar-refractivity contribution in [2.45, 2.75) is 59.0 Å². The van der Waals surface area contributed by atoms with Gasteiger partial charge in [0.25, 0.3) is 5.56 Å². The number of aromatic nitrogens is 4. The van der Waals surface area contributed by atoms with Crippen molar-refractivity contribution < 1.29 is 0 Å². The van der Waals surface area contributed by atoms with Gasteiger partial charge < -0.3 is 14.8 Å². The van der Waals surface area contributed by atoms with Crippen molar-refractivity contribution in [2.75, 3.05) is 23.3 Å². The van der Waals surface area contributed by atoms with Crippen molar-refractivity contribution in [1.82, 2.24) is 19.2 Å². The molecule has 3 aromatic rings. The van der Waals surface area contributed by atoms with Crippen LogP contribution >= 0.6 is 0 Å². The molecule has 1 N–H and O–H groups in total. The van der Waals surface area contributed by atoms with E-state index in [4.69, 9.17) is 4.98 Å². The van der Waals surface area contributed by atoms with Gasteiger partial charge in [-0.2, -0.15) is 9.61 Å². The van der Waals surface area contributed by atoms with Gasteiger partial charge >= 0.3 is 0 Å². The van der Waals surface area contributed by atoms with E-state index in [2.05, 4.69) is 28.3 Å². The van der Waals surface area contributed by atoms with E-state index in [1.807, 2.05) is 36.8 Å². The molecular weight excluding hydrogens is 364 g/mol. The van der Waals surface area contributed by atoms with Gasteiger partial charge in [-0.15, -0.1) is 0 Å². The first kappa shape index (κ1) is 19.5. The monoisotopic (exact) mass is 394 g/mol. The first-order chi connectivity index (χ1) is 14.1. The Hall–Kier alpha value is -2.83. The van der Waals surface area contributed by atoms with E-state index in [0.717, 1.165) is 47.9 Å². The molecule has 0 saturated carbocycles. The Bertz CT molecular complexity index is 1050. The van der Waals surface area contributed by atoms with Crippen LogP contribution in [-0.2, 0) is 13.0 Å². The molecule has 4 heterocycles. The van der Waals surface area contributed by atoms with Crippen LogP contribution in [0.15, 0.2) is 35.4 Å². The van der Waals surface area contributed by atoms with E-state index in [0.29, 0.717) is 6.54 Å². The Morgan fingerprint density at radius 3 is 2.69 bits per heavy atom. The van der Waals surface area contributed by atoms with Gasteiger partial charge in [-0.3, -0.25) is 4.79 Å². The molecule has 4 rings (SSSR count). The molecule has 0 atom stereocenters. The minimum absolute atomic E-state index is 0.0297. The summed E-state index contributed by atoms with van der Waals surface area (Å²) in [5.41, 5.74) is 3.17. The van der Waals surface area contributed by atoms with Crippen molar-refractivity contribution in [3.05, 3.63) is 52.1 Å². The number of aryl methyl sites for hydroxylation is 1. The number of pyridine rings is 1. The quantitative estimate of drug-likeness (QED) is 0.691. The zero-order valence-corrected chi connectivity index (χ0v) is 17.6. The van der Waals surface area contributed by atoms with Gasteiger partial charge in [0.05, 0.1) is 6.20 Å². The van der Waals surface area contributed by atoms with Crippen LogP contribution < -0.4 is 15.8 Å². The molecule has 1 fully saturated rings. The zero-order valence-electron chi connectivity index (χ0n) is 17.6. The number of hydrogen-bond acceptors (Lipinski definition) is 5. The second-order valence-corrected chi connectivity index (χ2v) is 8.04. The number of rotatable bonds is 6. The van der Waals surface area contributed by atoms with Crippen LogP contribution in [-0.4, -0.2) is 32.3 Å². The first-order valence-corrected chi connectivity index (χ1v) is 10.6. The third kappa shape index (κ3) is 3.99. The summed E-state index contributed by atoms with van der Waals surface area (Å²) in [6, 6.07) is 5.77. The lowest BCUT2D eigenvalue weighted by molar-refractivity contribution is 0.573. The van der Waals surface area contributed by atoms with Gasteiger partial charge in [0.2, 0.25) is 0 Å². The highest BCUT2D eigenvalue weighted by atomic mass is 16.1. The molecule has 0 radical (unpaired) electrons. The second kappa shape index (κ2) is 8.27. The minimum Gasteiger partial charge on any atom is -0.366 e. The molecule has 0 aliphatic carbocycles. The highest BCUT2D eigenvalue weighted by molar-refractivity contribution is 5.61. The summed E-state index contributed by atoms with van der Waals surface area (Å²) in [6.07, 6.45) is 8.47. The third-order valence-electron chi connectivity index (χ3n) is 5.62. The average molecular weight is 395 g/mol. The third-order valence-corrected chi connectivity index (χ3v) is 5.62. The maximum absolute atomic E-state index is 12.0. The Balaban J connectivity index is 1.66. The highest BCUT2D eigenvalue weighted by Gasteiger charge is 2.17.